The predicted molar refractivity (Wildman–Crippen MR) is 60.8 cm³/mol. The fourth-order valence-electron chi connectivity index (χ4n) is 2.08. The van der Waals surface area contributed by atoms with E-state index in [1.54, 1.807) is 0 Å². The van der Waals surface area contributed by atoms with Crippen LogP contribution in [0.5, 0.6) is 0 Å². The lowest BCUT2D eigenvalue weighted by molar-refractivity contribution is 0.527. The van der Waals surface area contributed by atoms with Crippen LogP contribution < -0.4 is 10.6 Å². The van der Waals surface area contributed by atoms with E-state index in [1.165, 1.54) is 16.8 Å². The van der Waals surface area contributed by atoms with E-state index in [9.17, 15) is 0 Å². The summed E-state index contributed by atoms with van der Waals surface area (Å²) in [5, 5.41) is 6.89. The van der Waals surface area contributed by atoms with Crippen LogP contribution in [0.2, 0.25) is 0 Å². The molecular weight excluding hydrogens is 172 g/mol. The van der Waals surface area contributed by atoms with Crippen molar-refractivity contribution in [3.63, 3.8) is 0 Å². The third-order valence-corrected chi connectivity index (χ3v) is 3.19. The molecule has 2 unspecified atom stereocenters. The van der Waals surface area contributed by atoms with E-state index in [-0.39, 0.29) is 0 Å². The minimum absolute atomic E-state index is 0.516. The highest BCUT2D eigenvalue weighted by molar-refractivity contribution is 5.62. The van der Waals surface area contributed by atoms with Crippen molar-refractivity contribution in [1.82, 2.24) is 5.32 Å². The van der Waals surface area contributed by atoms with Crippen molar-refractivity contribution >= 4 is 5.69 Å². The Kier molecular flexibility index (Phi) is 2.46. The molecule has 0 amide bonds. The van der Waals surface area contributed by atoms with E-state index in [0.29, 0.717) is 12.1 Å². The second-order valence-electron chi connectivity index (χ2n) is 4.14. The zero-order valence-corrected chi connectivity index (χ0v) is 9.09. The zero-order valence-electron chi connectivity index (χ0n) is 9.09. The molecule has 2 nitrogen and oxygen atoms in total. The first-order valence-electron chi connectivity index (χ1n) is 5.24. The van der Waals surface area contributed by atoms with Gasteiger partial charge in [0.05, 0.1) is 0 Å². The number of hydrogen-bond donors (Lipinski definition) is 2. The molecule has 1 aromatic rings. The van der Waals surface area contributed by atoms with Crippen LogP contribution in [0.25, 0.3) is 0 Å². The topological polar surface area (TPSA) is 24.1 Å². The van der Waals surface area contributed by atoms with Gasteiger partial charge in [0.25, 0.3) is 0 Å². The van der Waals surface area contributed by atoms with Crippen LogP contribution in [-0.4, -0.2) is 19.1 Å². The van der Waals surface area contributed by atoms with E-state index in [1.807, 2.05) is 7.05 Å². The van der Waals surface area contributed by atoms with Gasteiger partial charge in [-0.15, -0.1) is 0 Å². The smallest absolute Gasteiger partial charge is 0.0453 e. The average molecular weight is 190 g/mol. The van der Waals surface area contributed by atoms with Crippen LogP contribution >= 0.6 is 0 Å². The van der Waals surface area contributed by atoms with Crippen molar-refractivity contribution in [2.45, 2.75) is 32.4 Å². The summed E-state index contributed by atoms with van der Waals surface area (Å²) in [7, 11) is 2.02. The molecule has 2 N–H and O–H groups in total. The van der Waals surface area contributed by atoms with Gasteiger partial charge >= 0.3 is 0 Å². The van der Waals surface area contributed by atoms with Gasteiger partial charge in [-0.25, -0.2) is 0 Å². The quantitative estimate of drug-likeness (QED) is 0.744. The molecule has 1 aliphatic rings. The van der Waals surface area contributed by atoms with Crippen LogP contribution in [0.15, 0.2) is 18.2 Å². The Labute approximate surface area is 85.7 Å². The zero-order chi connectivity index (χ0) is 10.1. The van der Waals surface area contributed by atoms with Crippen LogP contribution in [0.3, 0.4) is 0 Å². The molecule has 0 aliphatic carbocycles. The predicted octanol–water partition coefficient (Wildman–Crippen LogP) is 1.94. The number of nitrogens with one attached hydrogen (secondary N) is 2. The standard InChI is InChI=1S/C12H18N2/c1-8-5-4-6-10-7-11(9(2)13-3)14-12(8)10/h4-6,9,11,13-14H,7H2,1-3H3. The third-order valence-electron chi connectivity index (χ3n) is 3.19. The van der Waals surface area contributed by atoms with Gasteiger partial charge in [0.1, 0.15) is 0 Å². The van der Waals surface area contributed by atoms with Gasteiger partial charge in [0, 0.05) is 17.8 Å². The van der Waals surface area contributed by atoms with Gasteiger partial charge in [0.2, 0.25) is 0 Å². The van der Waals surface area contributed by atoms with Crippen LogP contribution in [0.4, 0.5) is 5.69 Å². The summed E-state index contributed by atoms with van der Waals surface area (Å²) in [6.45, 7) is 4.39. The summed E-state index contributed by atoms with van der Waals surface area (Å²) in [6.07, 6.45) is 1.14. The van der Waals surface area contributed by atoms with E-state index >= 15 is 0 Å². The number of benzene rings is 1. The number of hydrogen-bond acceptors (Lipinski definition) is 2. The first-order chi connectivity index (χ1) is 6.72. The molecule has 1 aliphatic heterocycles. The van der Waals surface area contributed by atoms with Gasteiger partial charge in [0.15, 0.2) is 0 Å². The molecule has 0 saturated heterocycles. The Morgan fingerprint density at radius 1 is 1.50 bits per heavy atom. The lowest BCUT2D eigenvalue weighted by Gasteiger charge is -2.19. The van der Waals surface area contributed by atoms with Crippen molar-refractivity contribution in [1.29, 1.82) is 0 Å². The van der Waals surface area contributed by atoms with Crippen LogP contribution in [0.1, 0.15) is 18.1 Å². The molecule has 76 valence electrons. The largest absolute Gasteiger partial charge is 0.380 e. The highest BCUT2D eigenvalue weighted by Crippen LogP contribution is 2.29. The van der Waals surface area contributed by atoms with Gasteiger partial charge in [-0.1, -0.05) is 18.2 Å². The Hall–Kier alpha value is -1.02. The molecule has 0 fully saturated rings. The van der Waals surface area contributed by atoms with E-state index in [4.69, 9.17) is 0 Å². The van der Waals surface area contributed by atoms with Gasteiger partial charge < -0.3 is 10.6 Å². The van der Waals surface area contributed by atoms with Crippen LogP contribution in [-0.2, 0) is 6.42 Å². The van der Waals surface area contributed by atoms with Crippen molar-refractivity contribution in [3.05, 3.63) is 29.3 Å². The van der Waals surface area contributed by atoms with E-state index in [2.05, 4.69) is 42.7 Å². The summed E-state index contributed by atoms with van der Waals surface area (Å²) >= 11 is 0. The SMILES string of the molecule is CNC(C)C1Cc2cccc(C)c2N1. The van der Waals surface area contributed by atoms with Crippen LogP contribution in [0, 0.1) is 6.92 Å². The lowest BCUT2D eigenvalue weighted by atomic mass is 10.0. The Balaban J connectivity index is 2.22. The maximum absolute atomic E-state index is 3.59. The number of likely N-dealkylation sites (N-methyl/N-ethyl adjacent to an activating group) is 1. The summed E-state index contributed by atoms with van der Waals surface area (Å²) < 4.78 is 0. The molecule has 0 spiro atoms. The van der Waals surface area contributed by atoms with Crippen molar-refractivity contribution in [3.8, 4) is 0 Å². The first kappa shape index (κ1) is 9.53. The molecule has 0 bridgehead atoms. The second kappa shape index (κ2) is 3.62. The third kappa shape index (κ3) is 1.50. The molecule has 1 aromatic carbocycles. The first-order valence-corrected chi connectivity index (χ1v) is 5.24. The van der Waals surface area contributed by atoms with Gasteiger partial charge in [-0.3, -0.25) is 0 Å². The maximum Gasteiger partial charge on any atom is 0.0453 e. The summed E-state index contributed by atoms with van der Waals surface area (Å²) in [5.41, 5.74) is 4.16. The number of fused-ring (bicyclic) bond motifs is 1. The van der Waals surface area contributed by atoms with Crippen molar-refractivity contribution in [2.75, 3.05) is 12.4 Å². The van der Waals surface area contributed by atoms with Gasteiger partial charge in [-0.05, 0) is 38.4 Å². The molecule has 0 aromatic heterocycles. The van der Waals surface area contributed by atoms with E-state index < -0.39 is 0 Å². The fourth-order valence-corrected chi connectivity index (χ4v) is 2.08. The second-order valence-corrected chi connectivity index (χ2v) is 4.14. The Morgan fingerprint density at radius 3 is 2.93 bits per heavy atom. The average Bonchev–Trinajstić information content (AvgIpc) is 2.62. The highest BCUT2D eigenvalue weighted by Gasteiger charge is 2.24. The lowest BCUT2D eigenvalue weighted by Crippen LogP contribution is -2.38. The number of anilines is 1. The molecular formula is C12H18N2. The molecule has 1 heterocycles. The van der Waals surface area contributed by atoms with E-state index in [0.717, 1.165) is 6.42 Å². The summed E-state index contributed by atoms with van der Waals surface area (Å²) in [6, 6.07) is 7.58. The Bertz CT molecular complexity index is 333. The minimum Gasteiger partial charge on any atom is -0.380 e. The van der Waals surface area contributed by atoms with Gasteiger partial charge in [-0.2, -0.15) is 0 Å². The number of rotatable bonds is 2. The van der Waals surface area contributed by atoms with Crippen molar-refractivity contribution in [2.24, 2.45) is 0 Å². The maximum atomic E-state index is 3.59. The molecule has 2 heteroatoms. The molecule has 0 saturated carbocycles. The molecule has 2 atom stereocenters. The normalized spacial score (nSPS) is 21.5. The minimum atomic E-state index is 0.516. The summed E-state index contributed by atoms with van der Waals surface area (Å²) in [5.74, 6) is 0. The summed E-state index contributed by atoms with van der Waals surface area (Å²) in [4.78, 5) is 0. The van der Waals surface area contributed by atoms with Crippen molar-refractivity contribution < 1.29 is 0 Å². The highest BCUT2D eigenvalue weighted by atomic mass is 15.0. The fraction of sp³-hybridized carbons (Fsp3) is 0.500. The molecule has 2 rings (SSSR count). The molecule has 0 radical (unpaired) electrons. The monoisotopic (exact) mass is 190 g/mol. The molecule has 14 heavy (non-hydrogen) atoms. The number of para-hydroxylation sites is 1. The number of aryl methyl sites for hydroxylation is 1. The Morgan fingerprint density at radius 2 is 2.29 bits per heavy atom.